The topological polar surface area (TPSA) is 128 Å². The zero-order valence-electron chi connectivity index (χ0n) is 10.8. The van der Waals surface area contributed by atoms with Crippen molar-refractivity contribution >= 4 is 16.0 Å². The van der Waals surface area contributed by atoms with Crippen LogP contribution in [0.3, 0.4) is 0 Å². The third-order valence-corrected chi connectivity index (χ3v) is 3.99. The molecule has 0 saturated carbocycles. The molecular formula is C10H15N7O2S. The molecule has 1 atom stereocenters. The molecule has 0 fully saturated rings. The third kappa shape index (κ3) is 3.50. The van der Waals surface area contributed by atoms with Crippen LogP contribution in [0.25, 0.3) is 0 Å². The van der Waals surface area contributed by atoms with E-state index >= 15 is 0 Å². The number of nitrogens with one attached hydrogen (secondary N) is 2. The number of nitrogen functional groups attached to an aromatic ring is 1. The summed E-state index contributed by atoms with van der Waals surface area (Å²) >= 11 is 0. The van der Waals surface area contributed by atoms with Gasteiger partial charge in [0.05, 0.1) is 18.9 Å². The highest BCUT2D eigenvalue weighted by Gasteiger charge is 2.18. The molecule has 0 saturated heterocycles. The van der Waals surface area contributed by atoms with Crippen LogP contribution in [0.4, 0.5) is 5.95 Å². The standard InChI is InChI=1S/C10H15N7O2S/c1-8(7-17-4-2-3-14-17)16-20(18,19)9-5-12-10(15-11)13-6-9/h2-6,8,16H,7,11H2,1H3,(H,12,13,15). The van der Waals surface area contributed by atoms with Crippen LogP contribution >= 0.6 is 0 Å². The first kappa shape index (κ1) is 14.4. The molecule has 10 heteroatoms. The highest BCUT2D eigenvalue weighted by atomic mass is 32.2. The normalized spacial score (nSPS) is 13.1. The number of hydrazine groups is 1. The fourth-order valence-electron chi connectivity index (χ4n) is 1.59. The van der Waals surface area contributed by atoms with E-state index in [1.807, 2.05) is 0 Å². The van der Waals surface area contributed by atoms with E-state index in [4.69, 9.17) is 5.84 Å². The van der Waals surface area contributed by atoms with Crippen LogP contribution in [-0.2, 0) is 16.6 Å². The Hall–Kier alpha value is -2.04. The van der Waals surface area contributed by atoms with Gasteiger partial charge >= 0.3 is 0 Å². The van der Waals surface area contributed by atoms with Gasteiger partial charge in [0, 0.05) is 18.4 Å². The molecule has 0 aliphatic carbocycles. The molecule has 0 aromatic carbocycles. The summed E-state index contributed by atoms with van der Waals surface area (Å²) in [4.78, 5) is 7.50. The highest BCUT2D eigenvalue weighted by Crippen LogP contribution is 2.08. The molecule has 0 amide bonds. The predicted octanol–water partition coefficient (Wildman–Crippen LogP) is -0.674. The summed E-state index contributed by atoms with van der Waals surface area (Å²) in [5.41, 5.74) is 2.23. The molecule has 2 rings (SSSR count). The lowest BCUT2D eigenvalue weighted by molar-refractivity contribution is 0.493. The van der Waals surface area contributed by atoms with E-state index in [-0.39, 0.29) is 16.9 Å². The summed E-state index contributed by atoms with van der Waals surface area (Å²) in [6.45, 7) is 2.17. The van der Waals surface area contributed by atoms with E-state index in [2.05, 4.69) is 25.2 Å². The summed E-state index contributed by atoms with van der Waals surface area (Å²) in [7, 11) is -3.67. The van der Waals surface area contributed by atoms with E-state index in [9.17, 15) is 8.42 Å². The quantitative estimate of drug-likeness (QED) is 0.476. The van der Waals surface area contributed by atoms with Gasteiger partial charge in [-0.05, 0) is 13.0 Å². The number of anilines is 1. The molecule has 0 aliphatic rings. The molecule has 20 heavy (non-hydrogen) atoms. The molecule has 4 N–H and O–H groups in total. The van der Waals surface area contributed by atoms with E-state index in [0.29, 0.717) is 6.54 Å². The first-order valence-corrected chi connectivity index (χ1v) is 7.28. The van der Waals surface area contributed by atoms with Gasteiger partial charge in [-0.1, -0.05) is 0 Å². The highest BCUT2D eigenvalue weighted by molar-refractivity contribution is 7.89. The van der Waals surface area contributed by atoms with Gasteiger partial charge in [0.2, 0.25) is 16.0 Å². The number of sulfonamides is 1. The van der Waals surface area contributed by atoms with Gasteiger partial charge in [-0.15, -0.1) is 0 Å². The molecule has 2 heterocycles. The first-order chi connectivity index (χ1) is 9.51. The molecule has 108 valence electrons. The van der Waals surface area contributed by atoms with Crippen molar-refractivity contribution in [3.63, 3.8) is 0 Å². The summed E-state index contributed by atoms with van der Waals surface area (Å²) in [5, 5.41) is 4.02. The summed E-state index contributed by atoms with van der Waals surface area (Å²) in [6.07, 6.45) is 5.76. The minimum Gasteiger partial charge on any atom is -0.292 e. The number of hydrogen-bond donors (Lipinski definition) is 3. The third-order valence-electron chi connectivity index (χ3n) is 2.44. The summed E-state index contributed by atoms with van der Waals surface area (Å²) in [6, 6.07) is 1.44. The van der Waals surface area contributed by atoms with Gasteiger partial charge in [0.1, 0.15) is 4.90 Å². The Kier molecular flexibility index (Phi) is 4.27. The summed E-state index contributed by atoms with van der Waals surface area (Å²) < 4.78 is 28.4. The first-order valence-electron chi connectivity index (χ1n) is 5.79. The van der Waals surface area contributed by atoms with Crippen LogP contribution in [0.5, 0.6) is 0 Å². The van der Waals surface area contributed by atoms with Crippen molar-refractivity contribution in [1.29, 1.82) is 0 Å². The van der Waals surface area contributed by atoms with Crippen molar-refractivity contribution < 1.29 is 8.42 Å². The zero-order chi connectivity index (χ0) is 14.6. The lowest BCUT2D eigenvalue weighted by Gasteiger charge is -2.14. The molecule has 2 aromatic heterocycles. The Morgan fingerprint density at radius 3 is 2.65 bits per heavy atom. The van der Waals surface area contributed by atoms with Crippen molar-refractivity contribution in [3.05, 3.63) is 30.9 Å². The Morgan fingerprint density at radius 1 is 1.40 bits per heavy atom. The Balaban J connectivity index is 2.05. The molecule has 9 nitrogen and oxygen atoms in total. The number of nitrogens with zero attached hydrogens (tertiary/aromatic N) is 4. The molecular weight excluding hydrogens is 282 g/mol. The average Bonchev–Trinajstić information content (AvgIpc) is 2.91. The van der Waals surface area contributed by atoms with Crippen LogP contribution < -0.4 is 16.0 Å². The minimum absolute atomic E-state index is 0.0242. The largest absolute Gasteiger partial charge is 0.292 e. The second kappa shape index (κ2) is 5.94. The number of hydrogen-bond acceptors (Lipinski definition) is 7. The van der Waals surface area contributed by atoms with Crippen molar-refractivity contribution in [3.8, 4) is 0 Å². The molecule has 2 aromatic rings. The van der Waals surface area contributed by atoms with Crippen molar-refractivity contribution in [1.82, 2.24) is 24.5 Å². The lowest BCUT2D eigenvalue weighted by Crippen LogP contribution is -2.35. The Labute approximate surface area is 116 Å². The maximum atomic E-state index is 12.1. The summed E-state index contributed by atoms with van der Waals surface area (Å²) in [5.74, 6) is 5.26. The van der Waals surface area contributed by atoms with Gasteiger partial charge < -0.3 is 0 Å². The number of aromatic nitrogens is 4. The van der Waals surface area contributed by atoms with Gasteiger partial charge in [-0.2, -0.15) is 5.10 Å². The maximum absolute atomic E-state index is 12.1. The van der Waals surface area contributed by atoms with Gasteiger partial charge in [-0.25, -0.2) is 29.0 Å². The van der Waals surface area contributed by atoms with Crippen LogP contribution in [0.2, 0.25) is 0 Å². The SMILES string of the molecule is CC(Cn1cccn1)NS(=O)(=O)c1cnc(NN)nc1. The lowest BCUT2D eigenvalue weighted by atomic mass is 10.4. The van der Waals surface area contributed by atoms with Gasteiger partial charge in [-0.3, -0.25) is 10.1 Å². The Bertz CT molecular complexity index is 639. The maximum Gasteiger partial charge on any atom is 0.243 e. The molecule has 0 bridgehead atoms. The van der Waals surface area contributed by atoms with Gasteiger partial charge in [0.25, 0.3) is 0 Å². The van der Waals surface area contributed by atoms with E-state index in [1.54, 1.807) is 30.1 Å². The van der Waals surface area contributed by atoms with Crippen LogP contribution in [0.15, 0.2) is 35.7 Å². The van der Waals surface area contributed by atoms with E-state index < -0.39 is 10.0 Å². The van der Waals surface area contributed by atoms with Crippen LogP contribution in [0, 0.1) is 0 Å². The Morgan fingerprint density at radius 2 is 2.10 bits per heavy atom. The van der Waals surface area contributed by atoms with Crippen molar-refractivity contribution in [2.75, 3.05) is 5.43 Å². The fourth-order valence-corrected chi connectivity index (χ4v) is 2.71. The molecule has 0 radical (unpaired) electrons. The van der Waals surface area contributed by atoms with Crippen LogP contribution in [-0.4, -0.2) is 34.2 Å². The average molecular weight is 297 g/mol. The predicted molar refractivity (Wildman–Crippen MR) is 71.9 cm³/mol. The number of nitrogens with two attached hydrogens (primary N) is 1. The van der Waals surface area contributed by atoms with Crippen molar-refractivity contribution in [2.45, 2.75) is 24.4 Å². The second-order valence-corrected chi connectivity index (χ2v) is 5.85. The zero-order valence-corrected chi connectivity index (χ0v) is 11.6. The molecule has 0 spiro atoms. The fraction of sp³-hybridized carbons (Fsp3) is 0.300. The minimum atomic E-state index is -3.67. The second-order valence-electron chi connectivity index (χ2n) is 4.14. The van der Waals surface area contributed by atoms with E-state index in [1.165, 1.54) is 12.4 Å². The van der Waals surface area contributed by atoms with Gasteiger partial charge in [0.15, 0.2) is 0 Å². The van der Waals surface area contributed by atoms with Crippen LogP contribution in [0.1, 0.15) is 6.92 Å². The molecule has 1 unspecified atom stereocenters. The van der Waals surface area contributed by atoms with Crippen molar-refractivity contribution in [2.24, 2.45) is 5.84 Å². The smallest absolute Gasteiger partial charge is 0.243 e. The van der Waals surface area contributed by atoms with E-state index in [0.717, 1.165) is 0 Å². The number of rotatable bonds is 6. The monoisotopic (exact) mass is 297 g/mol. The molecule has 0 aliphatic heterocycles.